The van der Waals surface area contributed by atoms with Gasteiger partial charge in [0, 0.05) is 25.2 Å². The van der Waals surface area contributed by atoms with Crippen molar-refractivity contribution in [3.8, 4) is 0 Å². The molecule has 0 aromatic heterocycles. The third-order valence-electron chi connectivity index (χ3n) is 6.70. The van der Waals surface area contributed by atoms with Gasteiger partial charge in [-0.05, 0) is 57.1 Å². The Morgan fingerprint density at radius 2 is 1.93 bits per heavy atom. The second kappa shape index (κ2) is 7.13. The number of carbonyl (C=O) groups is 3. The molecule has 2 aliphatic heterocycles. The first kappa shape index (κ1) is 19.9. The Morgan fingerprint density at radius 3 is 2.62 bits per heavy atom. The number of nitrogens with zero attached hydrogens (tertiary/aromatic N) is 2. The lowest BCUT2D eigenvalue weighted by molar-refractivity contribution is -0.135. The van der Waals surface area contributed by atoms with Gasteiger partial charge in [-0.3, -0.25) is 19.4 Å². The standard InChI is InChI=1S/C22H30N4O3/c1-21(2,25-11-10-15-6-4-5-7-16(15)12-25)14-23-18(27)13-26-19(28)22(3,17-8-9-17)24-20(26)29/h4-7,17H,8-14H2,1-3H3,(H,23,27)(H,24,29). The molecule has 0 radical (unpaired) electrons. The third kappa shape index (κ3) is 3.75. The quantitative estimate of drug-likeness (QED) is 0.714. The van der Waals surface area contributed by atoms with Crippen LogP contribution in [-0.2, 0) is 22.6 Å². The summed E-state index contributed by atoms with van der Waals surface area (Å²) in [6.07, 6.45) is 2.88. The maximum atomic E-state index is 12.7. The van der Waals surface area contributed by atoms with Crippen molar-refractivity contribution in [3.63, 3.8) is 0 Å². The van der Waals surface area contributed by atoms with E-state index in [9.17, 15) is 14.4 Å². The van der Waals surface area contributed by atoms with Crippen molar-refractivity contribution in [2.24, 2.45) is 5.92 Å². The van der Waals surface area contributed by atoms with Crippen LogP contribution in [0.2, 0.25) is 0 Å². The van der Waals surface area contributed by atoms with Gasteiger partial charge in [0.1, 0.15) is 12.1 Å². The average molecular weight is 399 g/mol. The van der Waals surface area contributed by atoms with E-state index >= 15 is 0 Å². The van der Waals surface area contributed by atoms with Crippen LogP contribution < -0.4 is 10.6 Å². The lowest BCUT2D eigenvalue weighted by Crippen LogP contribution is -2.54. The molecule has 29 heavy (non-hydrogen) atoms. The molecule has 4 rings (SSSR count). The zero-order valence-electron chi connectivity index (χ0n) is 17.5. The van der Waals surface area contributed by atoms with Crippen molar-refractivity contribution in [1.29, 1.82) is 0 Å². The Balaban J connectivity index is 1.32. The van der Waals surface area contributed by atoms with Crippen LogP contribution in [0.25, 0.3) is 0 Å². The van der Waals surface area contributed by atoms with E-state index in [4.69, 9.17) is 0 Å². The fourth-order valence-corrected chi connectivity index (χ4v) is 4.44. The zero-order valence-corrected chi connectivity index (χ0v) is 17.5. The third-order valence-corrected chi connectivity index (χ3v) is 6.70. The largest absolute Gasteiger partial charge is 0.353 e. The maximum absolute atomic E-state index is 12.7. The molecule has 3 aliphatic rings. The number of nitrogens with one attached hydrogen (secondary N) is 2. The summed E-state index contributed by atoms with van der Waals surface area (Å²) in [7, 11) is 0. The molecule has 1 aliphatic carbocycles. The number of imide groups is 1. The van der Waals surface area contributed by atoms with Crippen LogP contribution in [0.3, 0.4) is 0 Å². The van der Waals surface area contributed by atoms with Crippen molar-refractivity contribution < 1.29 is 14.4 Å². The summed E-state index contributed by atoms with van der Waals surface area (Å²) in [6, 6.07) is 8.00. The fourth-order valence-electron chi connectivity index (χ4n) is 4.44. The SMILES string of the molecule is CC1(C2CC2)NC(=O)N(CC(=O)NCC(C)(C)N2CCc3ccccc3C2)C1=O. The molecule has 1 saturated carbocycles. The topological polar surface area (TPSA) is 81.8 Å². The van der Waals surface area contributed by atoms with Gasteiger partial charge in [0.15, 0.2) is 0 Å². The predicted octanol–water partition coefficient (Wildman–Crippen LogP) is 1.66. The van der Waals surface area contributed by atoms with Crippen LogP contribution in [-0.4, -0.2) is 58.4 Å². The highest BCUT2D eigenvalue weighted by Crippen LogP contribution is 2.42. The number of carbonyl (C=O) groups excluding carboxylic acids is 3. The van der Waals surface area contributed by atoms with Crippen molar-refractivity contribution in [2.75, 3.05) is 19.6 Å². The molecule has 1 saturated heterocycles. The Kier molecular flexibility index (Phi) is 4.89. The van der Waals surface area contributed by atoms with Gasteiger partial charge in [-0.15, -0.1) is 0 Å². The van der Waals surface area contributed by atoms with Crippen LogP contribution in [0, 0.1) is 5.92 Å². The van der Waals surface area contributed by atoms with E-state index in [2.05, 4.69) is 53.6 Å². The van der Waals surface area contributed by atoms with Crippen molar-refractivity contribution >= 4 is 17.8 Å². The summed E-state index contributed by atoms with van der Waals surface area (Å²) in [6.45, 7) is 8.00. The minimum absolute atomic E-state index is 0.188. The van der Waals surface area contributed by atoms with Gasteiger partial charge in [-0.25, -0.2) is 4.79 Å². The summed E-state index contributed by atoms with van der Waals surface area (Å²) < 4.78 is 0. The molecule has 7 heteroatoms. The van der Waals surface area contributed by atoms with E-state index in [1.54, 1.807) is 6.92 Å². The van der Waals surface area contributed by atoms with E-state index < -0.39 is 11.6 Å². The average Bonchev–Trinajstić information content (AvgIpc) is 3.52. The van der Waals surface area contributed by atoms with Crippen molar-refractivity contribution in [2.45, 2.75) is 57.7 Å². The molecular formula is C22H30N4O3. The molecule has 4 amide bonds. The van der Waals surface area contributed by atoms with E-state index in [0.717, 1.165) is 37.3 Å². The maximum Gasteiger partial charge on any atom is 0.325 e. The van der Waals surface area contributed by atoms with Crippen LogP contribution in [0.15, 0.2) is 24.3 Å². The molecule has 2 heterocycles. The lowest BCUT2D eigenvalue weighted by atomic mass is 9.94. The molecule has 1 aromatic carbocycles. The Hall–Kier alpha value is -2.41. The summed E-state index contributed by atoms with van der Waals surface area (Å²) in [4.78, 5) is 40.8. The minimum atomic E-state index is -0.849. The van der Waals surface area contributed by atoms with E-state index in [1.807, 2.05) is 0 Å². The van der Waals surface area contributed by atoms with E-state index in [0.29, 0.717) is 6.54 Å². The second-order valence-electron chi connectivity index (χ2n) is 9.33. The van der Waals surface area contributed by atoms with Gasteiger partial charge in [-0.2, -0.15) is 0 Å². The monoisotopic (exact) mass is 398 g/mol. The Morgan fingerprint density at radius 1 is 1.24 bits per heavy atom. The van der Waals surface area contributed by atoms with Crippen LogP contribution in [0.4, 0.5) is 4.79 Å². The lowest BCUT2D eigenvalue weighted by Gasteiger charge is -2.41. The van der Waals surface area contributed by atoms with E-state index in [-0.39, 0.29) is 29.8 Å². The summed E-state index contributed by atoms with van der Waals surface area (Å²) in [5, 5.41) is 5.71. The number of fused-ring (bicyclic) bond motifs is 1. The number of benzene rings is 1. The second-order valence-corrected chi connectivity index (χ2v) is 9.33. The number of rotatable bonds is 6. The Labute approximate surface area is 171 Å². The molecule has 7 nitrogen and oxygen atoms in total. The molecular weight excluding hydrogens is 368 g/mol. The molecule has 2 N–H and O–H groups in total. The Bertz CT molecular complexity index is 848. The van der Waals surface area contributed by atoms with Gasteiger partial charge in [-0.1, -0.05) is 24.3 Å². The van der Waals surface area contributed by atoms with Gasteiger partial charge < -0.3 is 10.6 Å². The van der Waals surface area contributed by atoms with Crippen molar-refractivity contribution in [1.82, 2.24) is 20.4 Å². The highest BCUT2D eigenvalue weighted by Gasteiger charge is 2.56. The number of amides is 4. The molecule has 1 atom stereocenters. The first-order valence-electron chi connectivity index (χ1n) is 10.4. The summed E-state index contributed by atoms with van der Waals surface area (Å²) in [5.41, 5.74) is 1.64. The molecule has 1 unspecified atom stereocenters. The highest BCUT2D eigenvalue weighted by molar-refractivity contribution is 6.09. The first-order valence-corrected chi connectivity index (χ1v) is 10.4. The fraction of sp³-hybridized carbons (Fsp3) is 0.591. The molecule has 156 valence electrons. The highest BCUT2D eigenvalue weighted by atomic mass is 16.2. The first-order chi connectivity index (χ1) is 13.7. The van der Waals surface area contributed by atoms with Crippen LogP contribution in [0.1, 0.15) is 44.7 Å². The van der Waals surface area contributed by atoms with Crippen LogP contribution >= 0.6 is 0 Å². The van der Waals surface area contributed by atoms with Crippen LogP contribution in [0.5, 0.6) is 0 Å². The molecule has 0 bridgehead atoms. The zero-order chi connectivity index (χ0) is 20.8. The van der Waals surface area contributed by atoms with E-state index in [1.165, 1.54) is 11.1 Å². The molecule has 2 fully saturated rings. The summed E-state index contributed by atoms with van der Waals surface area (Å²) >= 11 is 0. The number of urea groups is 1. The number of hydrogen-bond donors (Lipinski definition) is 2. The van der Waals surface area contributed by atoms with Gasteiger partial charge in [0.05, 0.1) is 0 Å². The number of hydrogen-bond acceptors (Lipinski definition) is 4. The van der Waals surface area contributed by atoms with Gasteiger partial charge in [0.25, 0.3) is 5.91 Å². The normalized spacial score (nSPS) is 25.0. The minimum Gasteiger partial charge on any atom is -0.353 e. The van der Waals surface area contributed by atoms with Gasteiger partial charge in [0.2, 0.25) is 5.91 Å². The van der Waals surface area contributed by atoms with Gasteiger partial charge >= 0.3 is 6.03 Å². The predicted molar refractivity (Wildman–Crippen MR) is 109 cm³/mol. The summed E-state index contributed by atoms with van der Waals surface area (Å²) in [5.74, 6) is -0.404. The van der Waals surface area contributed by atoms with Crippen molar-refractivity contribution in [3.05, 3.63) is 35.4 Å². The molecule has 1 aromatic rings. The smallest absolute Gasteiger partial charge is 0.325 e. The molecule has 0 spiro atoms.